The molecule has 1 amide bonds. The van der Waals surface area contributed by atoms with Crippen LogP contribution in [0.5, 0.6) is 0 Å². The van der Waals surface area contributed by atoms with E-state index in [1.807, 2.05) is 24.3 Å². The molecule has 2 heterocycles. The predicted octanol–water partition coefficient (Wildman–Crippen LogP) is 0.973. The van der Waals surface area contributed by atoms with E-state index in [1.165, 1.54) is 0 Å². The van der Waals surface area contributed by atoms with E-state index in [4.69, 9.17) is 11.6 Å². The average molecular weight is 309 g/mol. The van der Waals surface area contributed by atoms with E-state index in [0.29, 0.717) is 11.6 Å². The second-order valence-electron chi connectivity index (χ2n) is 5.66. The van der Waals surface area contributed by atoms with Gasteiger partial charge in [0.05, 0.1) is 12.0 Å². The van der Waals surface area contributed by atoms with Crippen molar-refractivity contribution in [2.75, 3.05) is 19.6 Å². The maximum absolute atomic E-state index is 12.6. The van der Waals surface area contributed by atoms with Crippen LogP contribution in [0.2, 0.25) is 5.02 Å². The van der Waals surface area contributed by atoms with Crippen molar-refractivity contribution in [3.05, 3.63) is 34.9 Å². The zero-order valence-corrected chi connectivity index (χ0v) is 12.6. The first-order valence-corrected chi connectivity index (χ1v) is 7.87. The van der Waals surface area contributed by atoms with E-state index < -0.39 is 0 Å². The van der Waals surface area contributed by atoms with E-state index in [1.54, 1.807) is 0 Å². The molecule has 114 valence electrons. The van der Waals surface area contributed by atoms with Gasteiger partial charge in [0.15, 0.2) is 0 Å². The number of piperidine rings is 1. The van der Waals surface area contributed by atoms with E-state index in [0.717, 1.165) is 31.5 Å². The molecule has 2 saturated heterocycles. The van der Waals surface area contributed by atoms with Gasteiger partial charge in [0, 0.05) is 17.6 Å². The van der Waals surface area contributed by atoms with Crippen molar-refractivity contribution >= 4 is 17.5 Å². The van der Waals surface area contributed by atoms with Crippen molar-refractivity contribution in [1.29, 1.82) is 0 Å². The summed E-state index contributed by atoms with van der Waals surface area (Å²) >= 11 is 6.26. The molecule has 5 nitrogen and oxygen atoms in total. The van der Waals surface area contributed by atoms with Gasteiger partial charge in [-0.3, -0.25) is 10.2 Å². The molecular formula is C15H21ClN4O. The van der Waals surface area contributed by atoms with Crippen molar-refractivity contribution in [2.24, 2.45) is 5.92 Å². The number of benzene rings is 1. The first-order valence-electron chi connectivity index (χ1n) is 7.49. The maximum atomic E-state index is 12.6. The summed E-state index contributed by atoms with van der Waals surface area (Å²) in [5.74, 6) is -0.0379. The average Bonchev–Trinajstić information content (AvgIpc) is 2.98. The minimum atomic E-state index is -0.139. The molecule has 3 rings (SSSR count). The van der Waals surface area contributed by atoms with Gasteiger partial charge in [-0.25, -0.2) is 5.43 Å². The molecule has 4 N–H and O–H groups in total. The van der Waals surface area contributed by atoms with Crippen molar-refractivity contribution in [3.63, 3.8) is 0 Å². The third-order valence-corrected chi connectivity index (χ3v) is 4.59. The lowest BCUT2D eigenvalue weighted by molar-refractivity contribution is -0.125. The minimum Gasteiger partial charge on any atom is -0.353 e. The molecule has 2 unspecified atom stereocenters. The molecule has 1 aromatic rings. The van der Waals surface area contributed by atoms with Gasteiger partial charge < -0.3 is 10.6 Å². The third-order valence-electron chi connectivity index (χ3n) is 4.24. The Hall–Kier alpha value is -1.14. The molecule has 6 heteroatoms. The lowest BCUT2D eigenvalue weighted by Gasteiger charge is -2.26. The smallest absolute Gasteiger partial charge is 0.226 e. The van der Waals surface area contributed by atoms with Gasteiger partial charge in [-0.2, -0.15) is 0 Å². The molecule has 0 aromatic heterocycles. The normalized spacial score (nSPS) is 26.7. The zero-order valence-electron chi connectivity index (χ0n) is 11.9. The molecule has 2 fully saturated rings. The number of hydrazine groups is 1. The van der Waals surface area contributed by atoms with Crippen molar-refractivity contribution in [3.8, 4) is 0 Å². The number of amides is 1. The van der Waals surface area contributed by atoms with E-state index in [2.05, 4.69) is 21.5 Å². The molecule has 2 atom stereocenters. The summed E-state index contributed by atoms with van der Waals surface area (Å²) in [6, 6.07) is 7.88. The highest BCUT2D eigenvalue weighted by Gasteiger charge is 2.35. The zero-order chi connectivity index (χ0) is 14.7. The van der Waals surface area contributed by atoms with Crippen LogP contribution in [0, 0.1) is 5.92 Å². The van der Waals surface area contributed by atoms with E-state index in [-0.39, 0.29) is 23.9 Å². The highest BCUT2D eigenvalue weighted by molar-refractivity contribution is 6.31. The lowest BCUT2D eigenvalue weighted by atomic mass is 9.93. The minimum absolute atomic E-state index is 0.0829. The molecule has 0 spiro atoms. The molecule has 0 saturated carbocycles. The van der Waals surface area contributed by atoms with E-state index in [9.17, 15) is 4.79 Å². The summed E-state index contributed by atoms with van der Waals surface area (Å²) in [5.41, 5.74) is 7.23. The van der Waals surface area contributed by atoms with Crippen LogP contribution in [-0.2, 0) is 4.79 Å². The Morgan fingerprint density at radius 1 is 1.24 bits per heavy atom. The first kappa shape index (κ1) is 14.8. The van der Waals surface area contributed by atoms with Gasteiger partial charge >= 0.3 is 0 Å². The second kappa shape index (κ2) is 6.75. The van der Waals surface area contributed by atoms with Crippen molar-refractivity contribution in [2.45, 2.75) is 24.9 Å². The molecule has 1 aromatic carbocycles. The fourth-order valence-electron chi connectivity index (χ4n) is 3.04. The molecule has 2 aliphatic heterocycles. The Morgan fingerprint density at radius 2 is 2.00 bits per heavy atom. The van der Waals surface area contributed by atoms with Gasteiger partial charge in [-0.05, 0) is 37.6 Å². The Morgan fingerprint density at radius 3 is 2.76 bits per heavy atom. The standard InChI is InChI=1S/C15H21ClN4O/c16-13-4-2-1-3-11(13)14-12(9-18-20-14)15(21)19-10-5-7-17-8-6-10/h1-4,10,12,14,17-18,20H,5-9H2,(H,19,21). The van der Waals surface area contributed by atoms with Crippen LogP contribution < -0.4 is 21.5 Å². The van der Waals surface area contributed by atoms with Crippen molar-refractivity contribution in [1.82, 2.24) is 21.5 Å². The molecule has 0 aliphatic carbocycles. The number of nitrogens with one attached hydrogen (secondary N) is 4. The number of rotatable bonds is 3. The summed E-state index contributed by atoms with van der Waals surface area (Å²) in [7, 11) is 0. The van der Waals surface area contributed by atoms with Gasteiger partial charge in [0.1, 0.15) is 0 Å². The quantitative estimate of drug-likeness (QED) is 0.672. The van der Waals surface area contributed by atoms with Gasteiger partial charge in [-0.15, -0.1) is 0 Å². The molecule has 21 heavy (non-hydrogen) atoms. The molecular weight excluding hydrogens is 288 g/mol. The predicted molar refractivity (Wildman–Crippen MR) is 82.9 cm³/mol. The van der Waals surface area contributed by atoms with Crippen LogP contribution in [0.4, 0.5) is 0 Å². The maximum Gasteiger partial charge on any atom is 0.226 e. The van der Waals surface area contributed by atoms with E-state index >= 15 is 0 Å². The van der Waals surface area contributed by atoms with Crippen LogP contribution in [-0.4, -0.2) is 31.6 Å². The monoisotopic (exact) mass is 308 g/mol. The first-order chi connectivity index (χ1) is 10.3. The molecule has 0 bridgehead atoms. The molecule has 2 aliphatic rings. The number of carbonyl (C=O) groups excluding carboxylic acids is 1. The number of hydrogen-bond donors (Lipinski definition) is 4. The summed E-state index contributed by atoms with van der Waals surface area (Å²) in [5, 5.41) is 7.18. The second-order valence-corrected chi connectivity index (χ2v) is 6.07. The van der Waals surface area contributed by atoms with Gasteiger partial charge in [-0.1, -0.05) is 29.8 Å². The topological polar surface area (TPSA) is 65.2 Å². The third kappa shape index (κ3) is 3.37. The number of carbonyl (C=O) groups is 1. The number of halogens is 1. The Balaban J connectivity index is 1.68. The Bertz CT molecular complexity index is 504. The van der Waals surface area contributed by atoms with Crippen LogP contribution in [0.15, 0.2) is 24.3 Å². The van der Waals surface area contributed by atoms with Gasteiger partial charge in [0.25, 0.3) is 0 Å². The Labute approximate surface area is 129 Å². The Kier molecular flexibility index (Phi) is 4.75. The van der Waals surface area contributed by atoms with Crippen molar-refractivity contribution < 1.29 is 4.79 Å². The summed E-state index contributed by atoms with van der Waals surface area (Å²) in [6.07, 6.45) is 1.99. The highest BCUT2D eigenvalue weighted by Crippen LogP contribution is 2.30. The van der Waals surface area contributed by atoms with Crippen LogP contribution >= 0.6 is 11.6 Å². The largest absolute Gasteiger partial charge is 0.353 e. The SMILES string of the molecule is O=C(NC1CCNCC1)C1CNNC1c1ccccc1Cl. The van der Waals surface area contributed by atoms with Crippen LogP contribution in [0.25, 0.3) is 0 Å². The number of hydrogen-bond acceptors (Lipinski definition) is 4. The fourth-order valence-corrected chi connectivity index (χ4v) is 3.29. The van der Waals surface area contributed by atoms with Gasteiger partial charge in [0.2, 0.25) is 5.91 Å². The van der Waals surface area contributed by atoms with Crippen LogP contribution in [0.3, 0.4) is 0 Å². The van der Waals surface area contributed by atoms with Crippen LogP contribution in [0.1, 0.15) is 24.4 Å². The summed E-state index contributed by atoms with van der Waals surface area (Å²) < 4.78 is 0. The lowest BCUT2D eigenvalue weighted by Crippen LogP contribution is -2.46. The summed E-state index contributed by atoms with van der Waals surface area (Å²) in [6.45, 7) is 2.56. The molecule has 0 radical (unpaired) electrons. The fraction of sp³-hybridized carbons (Fsp3) is 0.533. The highest BCUT2D eigenvalue weighted by atomic mass is 35.5. The summed E-state index contributed by atoms with van der Waals surface area (Å²) in [4.78, 5) is 12.6.